The Balaban J connectivity index is 1.67. The van der Waals surface area contributed by atoms with Gasteiger partial charge in [-0.2, -0.15) is 0 Å². The third-order valence-corrected chi connectivity index (χ3v) is 6.12. The Morgan fingerprint density at radius 2 is 2.04 bits per heavy atom. The number of carbonyl (C=O) groups excluding carboxylic acids is 1. The van der Waals surface area contributed by atoms with Crippen LogP contribution in [0.1, 0.15) is 31.2 Å². The maximum Gasteiger partial charge on any atom is 0.258 e. The minimum atomic E-state index is -3.90. The van der Waals surface area contributed by atoms with E-state index in [1.165, 1.54) is 18.2 Å². The number of pyridine rings is 1. The third kappa shape index (κ3) is 5.67. The van der Waals surface area contributed by atoms with Crippen molar-refractivity contribution < 1.29 is 17.9 Å². The van der Waals surface area contributed by atoms with E-state index in [2.05, 4.69) is 15.0 Å². The fourth-order valence-electron chi connectivity index (χ4n) is 3.05. The number of sulfonamides is 1. The molecular weight excluding hydrogens is 402 g/mol. The fourth-order valence-corrected chi connectivity index (χ4v) is 4.48. The molecule has 1 aliphatic rings. The first-order chi connectivity index (χ1) is 13.4. The van der Waals surface area contributed by atoms with Gasteiger partial charge in [-0.25, -0.2) is 13.1 Å². The van der Waals surface area contributed by atoms with Gasteiger partial charge in [-0.3, -0.25) is 9.78 Å². The number of nitrogens with one attached hydrogen (secondary N) is 2. The van der Waals surface area contributed by atoms with Crippen LogP contribution in [0.2, 0.25) is 5.02 Å². The molecule has 0 atom stereocenters. The van der Waals surface area contributed by atoms with E-state index < -0.39 is 10.0 Å². The minimum absolute atomic E-state index is 0.0737. The van der Waals surface area contributed by atoms with Crippen LogP contribution in [0, 0.1) is 0 Å². The van der Waals surface area contributed by atoms with Crippen molar-refractivity contribution in [2.24, 2.45) is 0 Å². The number of aromatic nitrogens is 1. The smallest absolute Gasteiger partial charge is 0.258 e. The number of nitrogens with zero attached hydrogens (tertiary/aromatic N) is 1. The van der Waals surface area contributed by atoms with Crippen LogP contribution in [0.5, 0.6) is 5.75 Å². The third-order valence-electron chi connectivity index (χ3n) is 4.46. The predicted octanol–water partition coefficient (Wildman–Crippen LogP) is 2.65. The Kier molecular flexibility index (Phi) is 6.88. The Bertz CT molecular complexity index is 916. The average molecular weight is 424 g/mol. The summed E-state index contributed by atoms with van der Waals surface area (Å²) in [6, 6.07) is 7.93. The van der Waals surface area contributed by atoms with E-state index in [1.807, 2.05) is 0 Å². The van der Waals surface area contributed by atoms with Gasteiger partial charge < -0.3 is 10.1 Å². The van der Waals surface area contributed by atoms with Gasteiger partial charge in [-0.1, -0.05) is 30.5 Å². The van der Waals surface area contributed by atoms with E-state index in [0.29, 0.717) is 5.56 Å². The van der Waals surface area contributed by atoms with Gasteiger partial charge in [0.05, 0.1) is 0 Å². The van der Waals surface area contributed by atoms with Crippen molar-refractivity contribution in [3.05, 3.63) is 53.3 Å². The summed E-state index contributed by atoms with van der Waals surface area (Å²) in [5.74, 6) is -0.196. The summed E-state index contributed by atoms with van der Waals surface area (Å²) in [6.45, 7) is -0.187. The number of rotatable bonds is 8. The highest BCUT2D eigenvalue weighted by atomic mass is 35.5. The van der Waals surface area contributed by atoms with E-state index in [4.69, 9.17) is 16.3 Å². The van der Waals surface area contributed by atoms with E-state index in [0.717, 1.165) is 25.7 Å². The van der Waals surface area contributed by atoms with Crippen LogP contribution in [-0.2, 0) is 21.4 Å². The number of hydrogen-bond acceptors (Lipinski definition) is 5. The number of carbonyl (C=O) groups is 1. The summed E-state index contributed by atoms with van der Waals surface area (Å²) in [5.41, 5.74) is 0.714. The first-order valence-electron chi connectivity index (χ1n) is 9.04. The van der Waals surface area contributed by atoms with Gasteiger partial charge in [-0.15, -0.1) is 0 Å². The van der Waals surface area contributed by atoms with Crippen molar-refractivity contribution in [1.82, 2.24) is 15.0 Å². The highest BCUT2D eigenvalue weighted by molar-refractivity contribution is 7.89. The van der Waals surface area contributed by atoms with Crippen LogP contribution in [0.25, 0.3) is 0 Å². The van der Waals surface area contributed by atoms with E-state index in [9.17, 15) is 13.2 Å². The maximum atomic E-state index is 12.7. The van der Waals surface area contributed by atoms with Gasteiger partial charge in [0.15, 0.2) is 6.61 Å². The molecule has 1 aromatic carbocycles. The Hall–Kier alpha value is -2.16. The van der Waals surface area contributed by atoms with Gasteiger partial charge in [0.1, 0.15) is 10.6 Å². The topological polar surface area (TPSA) is 97.4 Å². The van der Waals surface area contributed by atoms with Crippen molar-refractivity contribution >= 4 is 27.5 Å². The zero-order valence-corrected chi connectivity index (χ0v) is 16.8. The minimum Gasteiger partial charge on any atom is -0.482 e. The van der Waals surface area contributed by atoms with Crippen molar-refractivity contribution in [2.45, 2.75) is 43.2 Å². The second kappa shape index (κ2) is 9.36. The lowest BCUT2D eigenvalue weighted by molar-refractivity contribution is -0.123. The second-order valence-corrected chi connectivity index (χ2v) is 8.79. The van der Waals surface area contributed by atoms with Gasteiger partial charge in [-0.05, 0) is 42.7 Å². The number of hydrogen-bond donors (Lipinski definition) is 2. The van der Waals surface area contributed by atoms with Crippen molar-refractivity contribution in [1.29, 1.82) is 0 Å². The number of ether oxygens (including phenoxy) is 1. The Morgan fingerprint density at radius 3 is 2.75 bits per heavy atom. The summed E-state index contributed by atoms with van der Waals surface area (Å²) in [5, 5.41) is 3.16. The molecule has 0 saturated heterocycles. The SMILES string of the molecule is O=C(COc1ccc(Cl)cc1S(=O)(=O)NCc1cccnc1)NC1CCCC1. The van der Waals surface area contributed by atoms with Gasteiger partial charge in [0, 0.05) is 30.0 Å². The monoisotopic (exact) mass is 423 g/mol. The molecule has 9 heteroatoms. The first-order valence-corrected chi connectivity index (χ1v) is 10.9. The van der Waals surface area contributed by atoms with Crippen LogP contribution in [0.4, 0.5) is 0 Å². The molecule has 0 radical (unpaired) electrons. The lowest BCUT2D eigenvalue weighted by atomic mass is 10.2. The molecule has 2 aromatic rings. The normalized spacial score (nSPS) is 14.8. The number of benzene rings is 1. The Morgan fingerprint density at radius 1 is 1.25 bits per heavy atom. The van der Waals surface area contributed by atoms with E-state index >= 15 is 0 Å². The molecule has 7 nitrogen and oxygen atoms in total. The quantitative estimate of drug-likeness (QED) is 0.680. The maximum absolute atomic E-state index is 12.7. The molecule has 0 aliphatic heterocycles. The summed E-state index contributed by atoms with van der Waals surface area (Å²) >= 11 is 5.98. The zero-order valence-electron chi connectivity index (χ0n) is 15.2. The van der Waals surface area contributed by atoms with Gasteiger partial charge in [0.2, 0.25) is 10.0 Å². The molecule has 1 heterocycles. The highest BCUT2D eigenvalue weighted by Crippen LogP contribution is 2.27. The molecule has 1 aromatic heterocycles. The van der Waals surface area contributed by atoms with Crippen LogP contribution in [-0.4, -0.2) is 32.0 Å². The molecule has 3 rings (SSSR count). The molecule has 28 heavy (non-hydrogen) atoms. The largest absolute Gasteiger partial charge is 0.482 e. The second-order valence-electron chi connectivity index (χ2n) is 6.61. The molecule has 1 saturated carbocycles. The molecule has 1 amide bonds. The molecule has 0 bridgehead atoms. The van der Waals surface area contributed by atoms with Crippen LogP contribution in [0.15, 0.2) is 47.6 Å². The lowest BCUT2D eigenvalue weighted by Crippen LogP contribution is -2.36. The zero-order chi connectivity index (χ0) is 20.0. The van der Waals surface area contributed by atoms with Crippen molar-refractivity contribution in [2.75, 3.05) is 6.61 Å². The Labute approximate surface area is 169 Å². The summed E-state index contributed by atoms with van der Waals surface area (Å²) in [6.07, 6.45) is 7.32. The average Bonchev–Trinajstić information content (AvgIpc) is 3.19. The van der Waals surface area contributed by atoms with Crippen LogP contribution in [0.3, 0.4) is 0 Å². The van der Waals surface area contributed by atoms with Gasteiger partial charge >= 0.3 is 0 Å². The van der Waals surface area contributed by atoms with Crippen LogP contribution >= 0.6 is 11.6 Å². The van der Waals surface area contributed by atoms with E-state index in [1.54, 1.807) is 24.5 Å². The molecular formula is C19H22ClN3O4S. The predicted molar refractivity (Wildman–Crippen MR) is 106 cm³/mol. The highest BCUT2D eigenvalue weighted by Gasteiger charge is 2.22. The summed E-state index contributed by atoms with van der Waals surface area (Å²) in [7, 11) is -3.90. The van der Waals surface area contributed by atoms with E-state index in [-0.39, 0.29) is 40.8 Å². The number of halogens is 1. The molecule has 1 aliphatic carbocycles. The lowest BCUT2D eigenvalue weighted by Gasteiger charge is -2.15. The molecule has 0 spiro atoms. The fraction of sp³-hybridized carbons (Fsp3) is 0.368. The van der Waals surface area contributed by atoms with Gasteiger partial charge in [0.25, 0.3) is 5.91 Å². The van der Waals surface area contributed by atoms with Crippen molar-refractivity contribution in [3.8, 4) is 5.75 Å². The first kappa shape index (κ1) is 20.6. The summed E-state index contributed by atoms with van der Waals surface area (Å²) < 4.78 is 33.5. The molecule has 1 fully saturated rings. The number of amides is 1. The van der Waals surface area contributed by atoms with Crippen LogP contribution < -0.4 is 14.8 Å². The molecule has 0 unspecified atom stereocenters. The summed E-state index contributed by atoms with van der Waals surface area (Å²) in [4.78, 5) is 15.9. The molecule has 150 valence electrons. The standard InChI is InChI=1S/C19H22ClN3O4S/c20-15-7-8-17(27-13-19(24)23-16-5-1-2-6-16)18(10-15)28(25,26)22-12-14-4-3-9-21-11-14/h3-4,7-11,16,22H,1-2,5-6,12-13H2,(H,23,24). The molecule has 2 N–H and O–H groups in total. The van der Waals surface area contributed by atoms with Crippen molar-refractivity contribution in [3.63, 3.8) is 0 Å².